The van der Waals surface area contributed by atoms with Crippen molar-refractivity contribution in [3.8, 4) is 11.4 Å². The number of nitrogens with one attached hydrogen (secondary N) is 2. The average molecular weight is 394 g/mol. The van der Waals surface area contributed by atoms with E-state index in [9.17, 15) is 4.79 Å². The summed E-state index contributed by atoms with van der Waals surface area (Å²) in [5.41, 5.74) is 5.52. The van der Waals surface area contributed by atoms with Crippen LogP contribution in [0.15, 0.2) is 85.1 Å². The quantitative estimate of drug-likeness (QED) is 0.452. The van der Waals surface area contributed by atoms with Gasteiger partial charge in [0, 0.05) is 28.7 Å². The van der Waals surface area contributed by atoms with Crippen LogP contribution in [0.4, 0.5) is 17.2 Å². The van der Waals surface area contributed by atoms with E-state index in [4.69, 9.17) is 0 Å². The topological polar surface area (TPSA) is 66.9 Å². The van der Waals surface area contributed by atoms with Crippen LogP contribution in [0, 0.1) is 13.8 Å². The van der Waals surface area contributed by atoms with Gasteiger partial charge in [0.05, 0.1) is 0 Å². The maximum absolute atomic E-state index is 12.5. The Morgan fingerprint density at radius 2 is 1.53 bits per heavy atom. The van der Waals surface area contributed by atoms with E-state index in [0.717, 1.165) is 22.5 Å². The highest BCUT2D eigenvalue weighted by Gasteiger charge is 2.08. The predicted molar refractivity (Wildman–Crippen MR) is 121 cm³/mol. The van der Waals surface area contributed by atoms with E-state index in [0.29, 0.717) is 17.2 Å². The van der Waals surface area contributed by atoms with Gasteiger partial charge in [0.2, 0.25) is 0 Å². The summed E-state index contributed by atoms with van der Waals surface area (Å²) in [5, 5.41) is 6.20. The van der Waals surface area contributed by atoms with E-state index in [2.05, 4.69) is 20.6 Å². The zero-order chi connectivity index (χ0) is 20.9. The fraction of sp³-hybridized carbons (Fsp3) is 0.0800. The smallest absolute Gasteiger partial charge is 0.255 e. The van der Waals surface area contributed by atoms with Crippen molar-refractivity contribution in [3.63, 3.8) is 0 Å². The van der Waals surface area contributed by atoms with Crippen LogP contribution in [0.25, 0.3) is 11.4 Å². The fourth-order valence-electron chi connectivity index (χ4n) is 3.03. The third-order valence-electron chi connectivity index (χ3n) is 4.87. The lowest BCUT2D eigenvalue weighted by atomic mass is 10.1. The van der Waals surface area contributed by atoms with Crippen molar-refractivity contribution < 1.29 is 4.79 Å². The predicted octanol–water partition coefficient (Wildman–Crippen LogP) is 5.76. The number of benzene rings is 3. The number of amides is 1. The van der Waals surface area contributed by atoms with Crippen molar-refractivity contribution in [2.75, 3.05) is 10.6 Å². The lowest BCUT2D eigenvalue weighted by Gasteiger charge is -2.10. The molecule has 0 fully saturated rings. The maximum atomic E-state index is 12.5. The molecule has 148 valence electrons. The molecular formula is C25H22N4O. The third-order valence-corrected chi connectivity index (χ3v) is 4.87. The number of aromatic nitrogens is 2. The molecule has 2 N–H and O–H groups in total. The molecule has 30 heavy (non-hydrogen) atoms. The van der Waals surface area contributed by atoms with Crippen LogP contribution in [0.2, 0.25) is 0 Å². The van der Waals surface area contributed by atoms with Crippen LogP contribution in [-0.2, 0) is 0 Å². The first kappa shape index (κ1) is 19.3. The lowest BCUT2D eigenvalue weighted by molar-refractivity contribution is 0.102. The van der Waals surface area contributed by atoms with E-state index < -0.39 is 0 Å². The second-order valence-electron chi connectivity index (χ2n) is 7.09. The third kappa shape index (κ3) is 4.52. The number of nitrogens with zero attached hydrogens (tertiary/aromatic N) is 2. The zero-order valence-electron chi connectivity index (χ0n) is 16.9. The van der Waals surface area contributed by atoms with Crippen LogP contribution in [0.5, 0.6) is 0 Å². The Kier molecular flexibility index (Phi) is 5.52. The molecular weight excluding hydrogens is 372 g/mol. The van der Waals surface area contributed by atoms with E-state index in [1.807, 2.05) is 80.6 Å². The van der Waals surface area contributed by atoms with Gasteiger partial charge in [0.1, 0.15) is 5.82 Å². The van der Waals surface area contributed by atoms with Gasteiger partial charge in [-0.15, -0.1) is 0 Å². The Hall–Kier alpha value is -3.99. The van der Waals surface area contributed by atoms with Gasteiger partial charge in [-0.2, -0.15) is 0 Å². The molecule has 5 heteroatoms. The molecule has 0 atom stereocenters. The molecule has 5 nitrogen and oxygen atoms in total. The monoisotopic (exact) mass is 394 g/mol. The highest BCUT2D eigenvalue weighted by atomic mass is 16.1. The standard InChI is InChI=1S/C25H22N4O/c1-17-8-11-22(16-18(17)2)28-25(30)20-9-12-21(13-10-20)27-23-14-15-26-24(29-23)19-6-4-3-5-7-19/h3-16H,1-2H3,(H,28,30)(H,26,27,29). The molecule has 0 saturated heterocycles. The molecule has 1 heterocycles. The van der Waals surface area contributed by atoms with Crippen LogP contribution in [0.3, 0.4) is 0 Å². The first-order valence-electron chi connectivity index (χ1n) is 9.73. The van der Waals surface area contributed by atoms with Crippen LogP contribution < -0.4 is 10.6 Å². The van der Waals surface area contributed by atoms with Crippen molar-refractivity contribution in [1.82, 2.24) is 9.97 Å². The highest BCUT2D eigenvalue weighted by molar-refractivity contribution is 6.04. The molecule has 1 aromatic heterocycles. The van der Waals surface area contributed by atoms with Gasteiger partial charge in [-0.25, -0.2) is 9.97 Å². The Bertz CT molecular complexity index is 1170. The molecule has 0 radical (unpaired) electrons. The van der Waals surface area contributed by atoms with Crippen LogP contribution in [-0.4, -0.2) is 15.9 Å². The lowest BCUT2D eigenvalue weighted by Crippen LogP contribution is -2.12. The summed E-state index contributed by atoms with van der Waals surface area (Å²) in [6.45, 7) is 4.08. The van der Waals surface area contributed by atoms with Crippen molar-refractivity contribution >= 4 is 23.1 Å². The minimum Gasteiger partial charge on any atom is -0.340 e. The minimum absolute atomic E-state index is 0.141. The summed E-state index contributed by atoms with van der Waals surface area (Å²) in [6, 6.07) is 24.8. The van der Waals surface area contributed by atoms with Crippen LogP contribution in [0.1, 0.15) is 21.5 Å². The second-order valence-corrected chi connectivity index (χ2v) is 7.09. The molecule has 0 bridgehead atoms. The van der Waals surface area contributed by atoms with E-state index >= 15 is 0 Å². The molecule has 4 rings (SSSR count). The van der Waals surface area contributed by atoms with Crippen LogP contribution >= 0.6 is 0 Å². The molecule has 0 saturated carbocycles. The number of rotatable bonds is 5. The summed E-state index contributed by atoms with van der Waals surface area (Å²) in [5.74, 6) is 1.21. The first-order chi connectivity index (χ1) is 14.6. The molecule has 0 aliphatic carbocycles. The minimum atomic E-state index is -0.141. The van der Waals surface area contributed by atoms with Gasteiger partial charge in [-0.05, 0) is 67.4 Å². The van der Waals surface area contributed by atoms with E-state index in [1.165, 1.54) is 5.56 Å². The number of carbonyl (C=O) groups is 1. The van der Waals surface area contributed by atoms with Gasteiger partial charge in [-0.3, -0.25) is 4.79 Å². The number of hydrogen-bond acceptors (Lipinski definition) is 4. The molecule has 0 aliphatic heterocycles. The zero-order valence-corrected chi connectivity index (χ0v) is 16.9. The van der Waals surface area contributed by atoms with E-state index in [-0.39, 0.29) is 5.91 Å². The van der Waals surface area contributed by atoms with Gasteiger partial charge in [-0.1, -0.05) is 36.4 Å². The summed E-state index contributed by atoms with van der Waals surface area (Å²) < 4.78 is 0. The number of hydrogen-bond donors (Lipinski definition) is 2. The SMILES string of the molecule is Cc1ccc(NC(=O)c2ccc(Nc3ccnc(-c4ccccc4)n3)cc2)cc1C. The number of carbonyl (C=O) groups excluding carboxylic acids is 1. The summed E-state index contributed by atoms with van der Waals surface area (Å²) in [7, 11) is 0. The number of anilines is 3. The first-order valence-corrected chi connectivity index (χ1v) is 9.73. The highest BCUT2D eigenvalue weighted by Crippen LogP contribution is 2.20. The molecule has 4 aromatic rings. The van der Waals surface area contributed by atoms with Crippen molar-refractivity contribution in [2.45, 2.75) is 13.8 Å². The normalized spacial score (nSPS) is 10.5. The number of aryl methyl sites for hydroxylation is 2. The molecule has 0 unspecified atom stereocenters. The van der Waals surface area contributed by atoms with Gasteiger partial charge in [0.25, 0.3) is 5.91 Å². The summed E-state index contributed by atoms with van der Waals surface area (Å²) in [6.07, 6.45) is 1.73. The Morgan fingerprint density at radius 3 is 2.27 bits per heavy atom. The molecule has 0 aliphatic rings. The van der Waals surface area contributed by atoms with Crippen molar-refractivity contribution in [3.05, 3.63) is 102 Å². The summed E-state index contributed by atoms with van der Waals surface area (Å²) >= 11 is 0. The average Bonchev–Trinajstić information content (AvgIpc) is 2.77. The second kappa shape index (κ2) is 8.57. The summed E-state index contributed by atoms with van der Waals surface area (Å²) in [4.78, 5) is 21.4. The Morgan fingerprint density at radius 1 is 0.800 bits per heavy atom. The maximum Gasteiger partial charge on any atom is 0.255 e. The van der Waals surface area contributed by atoms with Gasteiger partial charge >= 0.3 is 0 Å². The van der Waals surface area contributed by atoms with Crippen molar-refractivity contribution in [1.29, 1.82) is 0 Å². The largest absolute Gasteiger partial charge is 0.340 e. The molecule has 1 amide bonds. The van der Waals surface area contributed by atoms with Gasteiger partial charge in [0.15, 0.2) is 5.82 Å². The van der Waals surface area contributed by atoms with E-state index in [1.54, 1.807) is 18.3 Å². The molecule has 0 spiro atoms. The Labute approximate surface area is 175 Å². The molecule has 3 aromatic carbocycles. The van der Waals surface area contributed by atoms with Gasteiger partial charge < -0.3 is 10.6 Å². The Balaban J connectivity index is 1.45. The van der Waals surface area contributed by atoms with Crippen molar-refractivity contribution in [2.24, 2.45) is 0 Å². The fourth-order valence-corrected chi connectivity index (χ4v) is 3.03.